The van der Waals surface area contributed by atoms with Crippen LogP contribution < -0.4 is 4.74 Å². The highest BCUT2D eigenvalue weighted by Crippen LogP contribution is 2.20. The number of hydrogen-bond donors (Lipinski definition) is 3. The van der Waals surface area contributed by atoms with Gasteiger partial charge < -0.3 is 20.1 Å². The number of carboxylic acids is 2. The SMILES string of the molecule is O=C(O)c1ccc(C(=O)O)c(OCCO)c1. The van der Waals surface area contributed by atoms with E-state index in [0.29, 0.717) is 0 Å². The van der Waals surface area contributed by atoms with Crippen LogP contribution >= 0.6 is 0 Å². The lowest BCUT2D eigenvalue weighted by Crippen LogP contribution is -2.08. The Hall–Kier alpha value is -2.08. The first-order chi connectivity index (χ1) is 7.56. The van der Waals surface area contributed by atoms with E-state index in [9.17, 15) is 9.59 Å². The van der Waals surface area contributed by atoms with Crippen LogP contribution in [0.5, 0.6) is 5.75 Å². The highest BCUT2D eigenvalue weighted by atomic mass is 16.5. The fourth-order valence-corrected chi connectivity index (χ4v) is 1.11. The number of carboxylic acid groups (broad SMARTS) is 2. The fourth-order valence-electron chi connectivity index (χ4n) is 1.11. The second-order valence-electron chi connectivity index (χ2n) is 2.89. The van der Waals surface area contributed by atoms with Crippen LogP contribution in [-0.2, 0) is 0 Å². The van der Waals surface area contributed by atoms with Crippen molar-refractivity contribution in [2.45, 2.75) is 0 Å². The molecular weight excluding hydrogens is 216 g/mol. The molecule has 0 spiro atoms. The number of rotatable bonds is 5. The predicted molar refractivity (Wildman–Crippen MR) is 52.9 cm³/mol. The molecule has 0 bridgehead atoms. The molecule has 16 heavy (non-hydrogen) atoms. The van der Waals surface area contributed by atoms with Crippen molar-refractivity contribution in [3.05, 3.63) is 29.3 Å². The largest absolute Gasteiger partial charge is 0.490 e. The van der Waals surface area contributed by atoms with Gasteiger partial charge in [-0.05, 0) is 18.2 Å². The Kier molecular flexibility index (Phi) is 3.84. The Morgan fingerprint density at radius 3 is 2.38 bits per heavy atom. The molecule has 0 aliphatic heterocycles. The van der Waals surface area contributed by atoms with Crippen LogP contribution in [0.25, 0.3) is 0 Å². The van der Waals surface area contributed by atoms with E-state index in [4.69, 9.17) is 20.1 Å². The summed E-state index contributed by atoms with van der Waals surface area (Å²) in [6.45, 7) is -0.375. The lowest BCUT2D eigenvalue weighted by atomic mass is 10.1. The zero-order valence-corrected chi connectivity index (χ0v) is 8.21. The molecule has 0 aliphatic carbocycles. The van der Waals surface area contributed by atoms with Crippen molar-refractivity contribution in [1.29, 1.82) is 0 Å². The van der Waals surface area contributed by atoms with E-state index in [1.807, 2.05) is 0 Å². The number of aromatic carboxylic acids is 2. The van der Waals surface area contributed by atoms with E-state index < -0.39 is 11.9 Å². The summed E-state index contributed by atoms with van der Waals surface area (Å²) in [5.41, 5.74) is -0.212. The van der Waals surface area contributed by atoms with Crippen molar-refractivity contribution in [1.82, 2.24) is 0 Å². The topological polar surface area (TPSA) is 104 Å². The Morgan fingerprint density at radius 1 is 1.19 bits per heavy atom. The highest BCUT2D eigenvalue weighted by molar-refractivity contribution is 5.94. The van der Waals surface area contributed by atoms with E-state index in [-0.39, 0.29) is 30.1 Å². The molecular formula is C10H10O6. The van der Waals surface area contributed by atoms with Gasteiger partial charge in [-0.1, -0.05) is 0 Å². The van der Waals surface area contributed by atoms with Crippen LogP contribution in [0, 0.1) is 0 Å². The summed E-state index contributed by atoms with van der Waals surface area (Å²) in [7, 11) is 0. The molecule has 6 heteroatoms. The minimum absolute atomic E-state index is 0.0681. The summed E-state index contributed by atoms with van der Waals surface area (Å²) in [5, 5.41) is 26.1. The number of aliphatic hydroxyl groups excluding tert-OH is 1. The van der Waals surface area contributed by atoms with E-state index in [2.05, 4.69) is 0 Å². The molecule has 1 aromatic rings. The van der Waals surface area contributed by atoms with Crippen LogP contribution in [0.4, 0.5) is 0 Å². The van der Waals surface area contributed by atoms with Crippen molar-refractivity contribution in [2.24, 2.45) is 0 Å². The Balaban J connectivity index is 3.10. The minimum Gasteiger partial charge on any atom is -0.490 e. The first-order valence-corrected chi connectivity index (χ1v) is 4.40. The molecule has 1 rings (SSSR count). The molecule has 0 unspecified atom stereocenters. The van der Waals surface area contributed by atoms with E-state index in [1.165, 1.54) is 6.07 Å². The maximum absolute atomic E-state index is 10.8. The Bertz CT molecular complexity index is 412. The predicted octanol–water partition coefficient (Wildman–Crippen LogP) is 0.454. The van der Waals surface area contributed by atoms with Crippen LogP contribution in [-0.4, -0.2) is 40.5 Å². The third kappa shape index (κ3) is 2.71. The summed E-state index contributed by atoms with van der Waals surface area (Å²) in [6.07, 6.45) is 0. The van der Waals surface area contributed by atoms with Gasteiger partial charge in [-0.3, -0.25) is 0 Å². The molecule has 86 valence electrons. The quantitative estimate of drug-likeness (QED) is 0.673. The number of benzene rings is 1. The fraction of sp³-hybridized carbons (Fsp3) is 0.200. The lowest BCUT2D eigenvalue weighted by molar-refractivity contribution is 0.0676. The summed E-state index contributed by atoms with van der Waals surface area (Å²) < 4.78 is 4.94. The van der Waals surface area contributed by atoms with Crippen molar-refractivity contribution in [3.63, 3.8) is 0 Å². The number of carbonyl (C=O) groups is 2. The third-order valence-electron chi connectivity index (χ3n) is 1.81. The van der Waals surface area contributed by atoms with Crippen LogP contribution in [0.15, 0.2) is 18.2 Å². The van der Waals surface area contributed by atoms with Crippen molar-refractivity contribution < 1.29 is 29.6 Å². The summed E-state index contributed by atoms with van der Waals surface area (Å²) >= 11 is 0. The van der Waals surface area contributed by atoms with Gasteiger partial charge in [0.05, 0.1) is 12.2 Å². The highest BCUT2D eigenvalue weighted by Gasteiger charge is 2.14. The molecule has 0 fully saturated rings. The summed E-state index contributed by atoms with van der Waals surface area (Å²) in [4.78, 5) is 21.4. The first kappa shape index (κ1) is 12.0. The standard InChI is InChI=1S/C10H10O6/c11-3-4-16-8-5-6(9(12)13)1-2-7(8)10(14)15/h1-2,5,11H,3-4H2,(H,12,13)(H,14,15). The zero-order chi connectivity index (χ0) is 12.1. The van der Waals surface area contributed by atoms with Crippen LogP contribution in [0.3, 0.4) is 0 Å². The summed E-state index contributed by atoms with van der Waals surface area (Å²) in [6, 6.07) is 3.44. The van der Waals surface area contributed by atoms with Gasteiger partial charge in [-0.25, -0.2) is 9.59 Å². The molecule has 0 saturated carbocycles. The Labute approximate surface area is 90.7 Å². The molecule has 0 radical (unpaired) electrons. The van der Waals surface area contributed by atoms with Crippen LogP contribution in [0.2, 0.25) is 0 Å². The van der Waals surface area contributed by atoms with Gasteiger partial charge in [-0.15, -0.1) is 0 Å². The molecule has 0 heterocycles. The smallest absolute Gasteiger partial charge is 0.339 e. The summed E-state index contributed by atoms with van der Waals surface area (Å²) in [5.74, 6) is -2.46. The minimum atomic E-state index is -1.22. The third-order valence-corrected chi connectivity index (χ3v) is 1.81. The molecule has 0 aliphatic rings. The van der Waals surface area contributed by atoms with E-state index in [1.54, 1.807) is 0 Å². The molecule has 1 aromatic carbocycles. The van der Waals surface area contributed by atoms with Crippen LogP contribution in [0.1, 0.15) is 20.7 Å². The number of hydrogen-bond acceptors (Lipinski definition) is 4. The van der Waals surface area contributed by atoms with Gasteiger partial charge in [-0.2, -0.15) is 0 Å². The molecule has 0 aromatic heterocycles. The van der Waals surface area contributed by atoms with Gasteiger partial charge in [0.1, 0.15) is 17.9 Å². The normalized spacial score (nSPS) is 9.81. The molecule has 0 atom stereocenters. The number of ether oxygens (including phenoxy) is 1. The molecule has 0 saturated heterocycles. The molecule has 6 nitrogen and oxygen atoms in total. The first-order valence-electron chi connectivity index (χ1n) is 4.40. The van der Waals surface area contributed by atoms with E-state index >= 15 is 0 Å². The lowest BCUT2D eigenvalue weighted by Gasteiger charge is -2.08. The average Bonchev–Trinajstić information content (AvgIpc) is 2.25. The van der Waals surface area contributed by atoms with Crippen molar-refractivity contribution in [3.8, 4) is 5.75 Å². The van der Waals surface area contributed by atoms with Crippen molar-refractivity contribution >= 4 is 11.9 Å². The average molecular weight is 226 g/mol. The second kappa shape index (κ2) is 5.13. The Morgan fingerprint density at radius 2 is 1.88 bits per heavy atom. The molecule has 3 N–H and O–H groups in total. The van der Waals surface area contributed by atoms with Crippen molar-refractivity contribution in [2.75, 3.05) is 13.2 Å². The second-order valence-corrected chi connectivity index (χ2v) is 2.89. The maximum atomic E-state index is 10.8. The van der Waals surface area contributed by atoms with Gasteiger partial charge in [0.15, 0.2) is 0 Å². The number of aliphatic hydroxyl groups is 1. The zero-order valence-electron chi connectivity index (χ0n) is 8.21. The van der Waals surface area contributed by atoms with Gasteiger partial charge in [0, 0.05) is 0 Å². The maximum Gasteiger partial charge on any atom is 0.339 e. The van der Waals surface area contributed by atoms with Gasteiger partial charge in [0.25, 0.3) is 0 Å². The molecule has 0 amide bonds. The van der Waals surface area contributed by atoms with E-state index in [0.717, 1.165) is 12.1 Å². The monoisotopic (exact) mass is 226 g/mol. The van der Waals surface area contributed by atoms with Gasteiger partial charge >= 0.3 is 11.9 Å². The van der Waals surface area contributed by atoms with Gasteiger partial charge in [0.2, 0.25) is 0 Å².